The number of nitrogens with one attached hydrogen (secondary N) is 2. The van der Waals surface area contributed by atoms with E-state index in [0.717, 1.165) is 0 Å². The third-order valence-electron chi connectivity index (χ3n) is 3.20. The zero-order chi connectivity index (χ0) is 19.8. The number of benzene rings is 2. The Morgan fingerprint density at radius 3 is 2.22 bits per heavy atom. The monoisotopic (exact) mass is 406 g/mol. The largest absolute Gasteiger partial charge is 0.451 e. The first-order valence-electron chi connectivity index (χ1n) is 7.82. The van der Waals surface area contributed by atoms with Crippen molar-refractivity contribution in [3.63, 3.8) is 0 Å². The first-order valence-corrected chi connectivity index (χ1v) is 8.57. The Kier molecular flexibility index (Phi) is 7.40. The number of rotatable bonds is 6. The topological polar surface area (TPSA) is 84.5 Å². The molecule has 27 heavy (non-hydrogen) atoms. The molecule has 0 heterocycles. The molecule has 0 aromatic heterocycles. The number of ether oxygens (including phenoxy) is 1. The molecular weight excluding hydrogens is 391 g/mol. The lowest BCUT2D eigenvalue weighted by Crippen LogP contribution is -2.29. The summed E-state index contributed by atoms with van der Waals surface area (Å²) in [5.74, 6) is -1.92. The van der Waals surface area contributed by atoms with Crippen molar-refractivity contribution in [1.29, 1.82) is 0 Å². The van der Waals surface area contributed by atoms with Crippen LogP contribution < -0.4 is 10.6 Å². The van der Waals surface area contributed by atoms with Crippen molar-refractivity contribution >= 4 is 52.7 Å². The van der Waals surface area contributed by atoms with Crippen LogP contribution in [0, 0.1) is 0 Å². The molecule has 8 heteroatoms. The number of esters is 1. The van der Waals surface area contributed by atoms with Gasteiger partial charge in [-0.05, 0) is 23.8 Å². The van der Waals surface area contributed by atoms with Gasteiger partial charge in [-0.25, -0.2) is 4.79 Å². The van der Waals surface area contributed by atoms with E-state index in [4.69, 9.17) is 27.9 Å². The molecule has 0 aliphatic heterocycles. The van der Waals surface area contributed by atoms with Gasteiger partial charge in [0.2, 0.25) is 5.91 Å². The first kappa shape index (κ1) is 20.5. The zero-order valence-electron chi connectivity index (χ0n) is 14.3. The van der Waals surface area contributed by atoms with Crippen LogP contribution in [0.5, 0.6) is 0 Å². The van der Waals surface area contributed by atoms with Gasteiger partial charge in [0.05, 0.1) is 15.7 Å². The summed E-state index contributed by atoms with van der Waals surface area (Å²) < 4.78 is 4.97. The van der Waals surface area contributed by atoms with Gasteiger partial charge in [-0.1, -0.05) is 59.6 Å². The summed E-state index contributed by atoms with van der Waals surface area (Å²) in [6.07, 6.45) is 1.45. The minimum absolute atomic E-state index is 0.0859. The van der Waals surface area contributed by atoms with Crippen molar-refractivity contribution < 1.29 is 19.1 Å². The average molecular weight is 407 g/mol. The fourth-order valence-electron chi connectivity index (χ4n) is 2.05. The molecule has 0 atom stereocenters. The van der Waals surface area contributed by atoms with Gasteiger partial charge in [-0.2, -0.15) is 0 Å². The van der Waals surface area contributed by atoms with Gasteiger partial charge in [0, 0.05) is 6.92 Å². The summed E-state index contributed by atoms with van der Waals surface area (Å²) in [6.45, 7) is 0.685. The third kappa shape index (κ3) is 6.44. The van der Waals surface area contributed by atoms with Crippen LogP contribution in [-0.4, -0.2) is 24.4 Å². The normalized spacial score (nSPS) is 10.9. The van der Waals surface area contributed by atoms with Crippen molar-refractivity contribution in [3.05, 3.63) is 69.8 Å². The lowest BCUT2D eigenvalue weighted by molar-refractivity contribution is -0.144. The Hall–Kier alpha value is -2.83. The molecule has 6 nitrogen and oxygen atoms in total. The van der Waals surface area contributed by atoms with E-state index >= 15 is 0 Å². The lowest BCUT2D eigenvalue weighted by atomic mass is 10.2. The Morgan fingerprint density at radius 2 is 1.63 bits per heavy atom. The standard InChI is InChI=1S/C19H16Cl2N2O4/c1-12(24)22-16(10-13-6-3-2-4-7-13)19(26)27-11-17(25)23-18-14(20)8-5-9-15(18)21/h2-10H,11H2,1H3,(H,22,24)(H,23,25)/b16-10+. The second-order valence-electron chi connectivity index (χ2n) is 5.37. The van der Waals surface area contributed by atoms with Crippen LogP contribution in [0.2, 0.25) is 10.0 Å². The second-order valence-corrected chi connectivity index (χ2v) is 6.19. The summed E-state index contributed by atoms with van der Waals surface area (Å²) in [7, 11) is 0. The van der Waals surface area contributed by atoms with Gasteiger partial charge in [0.15, 0.2) is 6.61 Å². The number of carbonyl (C=O) groups is 3. The highest BCUT2D eigenvalue weighted by atomic mass is 35.5. The van der Waals surface area contributed by atoms with E-state index in [0.29, 0.717) is 5.56 Å². The summed E-state index contributed by atoms with van der Waals surface area (Å²) in [6, 6.07) is 13.6. The van der Waals surface area contributed by atoms with E-state index in [9.17, 15) is 14.4 Å². The van der Waals surface area contributed by atoms with E-state index in [-0.39, 0.29) is 21.4 Å². The molecule has 2 rings (SSSR count). The van der Waals surface area contributed by atoms with Gasteiger partial charge in [-0.15, -0.1) is 0 Å². The van der Waals surface area contributed by atoms with Crippen LogP contribution in [0.1, 0.15) is 12.5 Å². The van der Waals surface area contributed by atoms with E-state index in [1.165, 1.54) is 13.0 Å². The van der Waals surface area contributed by atoms with Gasteiger partial charge >= 0.3 is 5.97 Å². The SMILES string of the molecule is CC(=O)N/C(=C/c1ccccc1)C(=O)OCC(=O)Nc1c(Cl)cccc1Cl. The highest BCUT2D eigenvalue weighted by Crippen LogP contribution is 2.29. The fourth-order valence-corrected chi connectivity index (χ4v) is 2.55. The van der Waals surface area contributed by atoms with Crippen LogP contribution in [0.3, 0.4) is 0 Å². The molecule has 0 spiro atoms. The first-order chi connectivity index (χ1) is 12.9. The van der Waals surface area contributed by atoms with Crippen molar-refractivity contribution in [3.8, 4) is 0 Å². The Labute approximate surface area is 166 Å². The number of hydrogen-bond acceptors (Lipinski definition) is 4. The molecule has 2 N–H and O–H groups in total. The van der Waals surface area contributed by atoms with Crippen LogP contribution in [0.25, 0.3) is 6.08 Å². The third-order valence-corrected chi connectivity index (χ3v) is 3.83. The molecule has 140 valence electrons. The molecule has 2 amide bonds. The van der Waals surface area contributed by atoms with E-state index < -0.39 is 24.4 Å². The minimum atomic E-state index is -0.852. The van der Waals surface area contributed by atoms with Crippen LogP contribution >= 0.6 is 23.2 Å². The van der Waals surface area contributed by atoms with Crippen LogP contribution in [0.15, 0.2) is 54.2 Å². The number of amides is 2. The predicted molar refractivity (Wildman–Crippen MR) is 104 cm³/mol. The van der Waals surface area contributed by atoms with Gasteiger partial charge in [-0.3, -0.25) is 9.59 Å². The maximum Gasteiger partial charge on any atom is 0.355 e. The molecule has 0 saturated heterocycles. The lowest BCUT2D eigenvalue weighted by Gasteiger charge is -2.11. The Balaban J connectivity index is 2.03. The molecule has 2 aromatic carbocycles. The van der Waals surface area contributed by atoms with E-state index in [2.05, 4.69) is 10.6 Å². The Bertz CT molecular complexity index is 862. The second kappa shape index (κ2) is 9.75. The number of anilines is 1. The molecular formula is C19H16Cl2N2O4. The van der Waals surface area contributed by atoms with Gasteiger partial charge in [0.1, 0.15) is 5.70 Å². The van der Waals surface area contributed by atoms with Crippen molar-refractivity contribution in [2.24, 2.45) is 0 Å². The maximum absolute atomic E-state index is 12.2. The smallest absolute Gasteiger partial charge is 0.355 e. The van der Waals surface area contributed by atoms with Crippen molar-refractivity contribution in [2.75, 3.05) is 11.9 Å². The molecule has 0 fully saturated rings. The molecule has 0 unspecified atom stereocenters. The summed E-state index contributed by atoms with van der Waals surface area (Å²) in [5.41, 5.74) is 0.826. The van der Waals surface area contributed by atoms with Crippen LogP contribution in [0.4, 0.5) is 5.69 Å². The predicted octanol–water partition coefficient (Wildman–Crippen LogP) is 3.65. The quantitative estimate of drug-likeness (QED) is 0.566. The molecule has 2 aromatic rings. The number of halogens is 2. The highest BCUT2D eigenvalue weighted by Gasteiger charge is 2.16. The van der Waals surface area contributed by atoms with Gasteiger partial charge < -0.3 is 15.4 Å². The molecule has 0 aliphatic carbocycles. The number of para-hydroxylation sites is 1. The highest BCUT2D eigenvalue weighted by molar-refractivity contribution is 6.39. The van der Waals surface area contributed by atoms with Crippen LogP contribution in [-0.2, 0) is 19.1 Å². The molecule has 0 bridgehead atoms. The summed E-state index contributed by atoms with van der Waals surface area (Å²) in [4.78, 5) is 35.6. The van der Waals surface area contributed by atoms with Crippen molar-refractivity contribution in [2.45, 2.75) is 6.92 Å². The molecule has 0 saturated carbocycles. The van der Waals surface area contributed by atoms with Crippen molar-refractivity contribution in [1.82, 2.24) is 5.32 Å². The van der Waals surface area contributed by atoms with E-state index in [1.54, 1.807) is 42.5 Å². The maximum atomic E-state index is 12.2. The number of carbonyl (C=O) groups excluding carboxylic acids is 3. The summed E-state index contributed by atoms with van der Waals surface area (Å²) in [5, 5.41) is 5.38. The van der Waals surface area contributed by atoms with E-state index in [1.807, 2.05) is 6.07 Å². The summed E-state index contributed by atoms with van der Waals surface area (Å²) >= 11 is 11.9. The number of hydrogen-bond donors (Lipinski definition) is 2. The Morgan fingerprint density at radius 1 is 1.00 bits per heavy atom. The van der Waals surface area contributed by atoms with Gasteiger partial charge in [0.25, 0.3) is 5.91 Å². The minimum Gasteiger partial charge on any atom is -0.451 e. The molecule has 0 aliphatic rings. The zero-order valence-corrected chi connectivity index (χ0v) is 15.8. The fraction of sp³-hybridized carbons (Fsp3) is 0.105. The molecule has 0 radical (unpaired) electrons. The average Bonchev–Trinajstić information content (AvgIpc) is 2.63.